The fraction of sp³-hybridized carbons (Fsp3) is 0.533. The van der Waals surface area contributed by atoms with Crippen LogP contribution < -0.4 is 10.5 Å². The number of methoxy groups -OCH3 is 1. The van der Waals surface area contributed by atoms with E-state index in [0.717, 1.165) is 49.6 Å². The second-order valence-electron chi connectivity index (χ2n) is 5.37. The lowest BCUT2D eigenvalue weighted by molar-refractivity contribution is 0.265. The zero-order valence-electron chi connectivity index (χ0n) is 12.4. The normalized spacial score (nSPS) is 17.7. The fourth-order valence-corrected chi connectivity index (χ4v) is 2.57. The highest BCUT2D eigenvalue weighted by molar-refractivity contribution is 5.95. The molecular formula is C15H24N4O. The number of ether oxygens (including phenoxy) is 1. The molecule has 5 nitrogen and oxygen atoms in total. The van der Waals surface area contributed by atoms with Crippen LogP contribution in [0.5, 0.6) is 5.75 Å². The van der Waals surface area contributed by atoms with Gasteiger partial charge >= 0.3 is 0 Å². The van der Waals surface area contributed by atoms with E-state index in [0.29, 0.717) is 0 Å². The highest BCUT2D eigenvalue weighted by Crippen LogP contribution is 2.22. The smallest absolute Gasteiger partial charge is 0.123 e. The van der Waals surface area contributed by atoms with Crippen molar-refractivity contribution in [3.63, 3.8) is 0 Å². The molecule has 1 heterocycles. The Hall–Kier alpha value is -1.59. The first-order valence-corrected chi connectivity index (χ1v) is 7.02. The van der Waals surface area contributed by atoms with Crippen molar-refractivity contribution >= 4 is 5.84 Å². The number of hydrogen-bond acceptors (Lipinski definition) is 4. The molecule has 0 atom stereocenters. The van der Waals surface area contributed by atoms with Gasteiger partial charge in [-0.05, 0) is 44.8 Å². The summed E-state index contributed by atoms with van der Waals surface area (Å²) in [5.74, 6) is 0.970. The van der Waals surface area contributed by atoms with Crippen molar-refractivity contribution in [2.75, 3.05) is 40.3 Å². The van der Waals surface area contributed by atoms with Crippen molar-refractivity contribution in [3.8, 4) is 5.75 Å². The summed E-state index contributed by atoms with van der Waals surface area (Å²) in [6.07, 6.45) is 1.19. The van der Waals surface area contributed by atoms with Crippen LogP contribution in [-0.2, 0) is 6.54 Å². The zero-order chi connectivity index (χ0) is 14.5. The molecule has 0 bridgehead atoms. The maximum Gasteiger partial charge on any atom is 0.123 e. The molecule has 1 aliphatic heterocycles. The van der Waals surface area contributed by atoms with Crippen molar-refractivity contribution in [2.45, 2.75) is 13.0 Å². The Morgan fingerprint density at radius 2 is 2.10 bits per heavy atom. The van der Waals surface area contributed by atoms with E-state index in [-0.39, 0.29) is 5.84 Å². The lowest BCUT2D eigenvalue weighted by Gasteiger charge is -2.21. The van der Waals surface area contributed by atoms with Gasteiger partial charge in [-0.1, -0.05) is 0 Å². The summed E-state index contributed by atoms with van der Waals surface area (Å²) in [5.41, 5.74) is 7.43. The van der Waals surface area contributed by atoms with Crippen molar-refractivity contribution in [3.05, 3.63) is 29.3 Å². The molecule has 5 heteroatoms. The Kier molecular flexibility index (Phi) is 4.98. The summed E-state index contributed by atoms with van der Waals surface area (Å²) >= 11 is 0. The molecular weight excluding hydrogens is 252 g/mol. The monoisotopic (exact) mass is 276 g/mol. The Morgan fingerprint density at radius 3 is 2.80 bits per heavy atom. The Morgan fingerprint density at radius 1 is 1.30 bits per heavy atom. The van der Waals surface area contributed by atoms with E-state index in [1.54, 1.807) is 7.11 Å². The van der Waals surface area contributed by atoms with Crippen LogP contribution in [0.2, 0.25) is 0 Å². The molecule has 0 aliphatic carbocycles. The minimum absolute atomic E-state index is 0.101. The number of likely N-dealkylation sites (N-methyl/N-ethyl adjacent to an activating group) is 1. The third-order valence-electron chi connectivity index (χ3n) is 3.80. The van der Waals surface area contributed by atoms with Crippen molar-refractivity contribution < 1.29 is 4.74 Å². The van der Waals surface area contributed by atoms with Crippen LogP contribution >= 0.6 is 0 Å². The molecule has 1 aromatic carbocycles. The third kappa shape index (κ3) is 3.71. The predicted octanol–water partition coefficient (Wildman–Crippen LogP) is 1.12. The Bertz CT molecular complexity index is 475. The molecule has 20 heavy (non-hydrogen) atoms. The quantitative estimate of drug-likeness (QED) is 0.639. The summed E-state index contributed by atoms with van der Waals surface area (Å²) in [5, 5.41) is 7.56. The van der Waals surface area contributed by atoms with Gasteiger partial charge in [0.05, 0.1) is 7.11 Å². The first-order chi connectivity index (χ1) is 9.60. The number of nitrogen functional groups attached to an aromatic ring is 1. The second kappa shape index (κ2) is 6.72. The lowest BCUT2D eigenvalue weighted by Crippen LogP contribution is -2.28. The van der Waals surface area contributed by atoms with Gasteiger partial charge in [0.15, 0.2) is 0 Å². The Balaban J connectivity index is 2.14. The number of nitrogens with two attached hydrogens (primary N) is 1. The summed E-state index contributed by atoms with van der Waals surface area (Å²) in [6.45, 7) is 5.25. The van der Waals surface area contributed by atoms with Crippen LogP contribution in [0.1, 0.15) is 17.5 Å². The molecule has 0 aromatic heterocycles. The van der Waals surface area contributed by atoms with Crippen molar-refractivity contribution in [1.82, 2.24) is 9.80 Å². The lowest BCUT2D eigenvalue weighted by atomic mass is 10.1. The third-order valence-corrected chi connectivity index (χ3v) is 3.80. The first-order valence-electron chi connectivity index (χ1n) is 7.02. The van der Waals surface area contributed by atoms with E-state index in [1.165, 1.54) is 6.42 Å². The highest BCUT2D eigenvalue weighted by atomic mass is 16.5. The molecule has 0 spiro atoms. The van der Waals surface area contributed by atoms with Gasteiger partial charge in [0.2, 0.25) is 0 Å². The number of hydrogen-bond donors (Lipinski definition) is 2. The standard InChI is InChI=1S/C15H24N4O/c1-18-6-3-7-19(9-8-18)11-13-10-12(15(16)17)4-5-14(13)20-2/h4-5,10H,3,6-9,11H2,1-2H3,(H3,16,17). The number of nitrogens with zero attached hydrogens (tertiary/aromatic N) is 2. The van der Waals surface area contributed by atoms with Crippen molar-refractivity contribution in [1.29, 1.82) is 5.41 Å². The van der Waals surface area contributed by atoms with Crippen LogP contribution in [0.3, 0.4) is 0 Å². The minimum Gasteiger partial charge on any atom is -0.496 e. The SMILES string of the molecule is COc1ccc(C(=N)N)cc1CN1CCCN(C)CC1. The average Bonchev–Trinajstić information content (AvgIpc) is 2.63. The molecule has 0 radical (unpaired) electrons. The molecule has 110 valence electrons. The largest absolute Gasteiger partial charge is 0.496 e. The number of benzene rings is 1. The summed E-state index contributed by atoms with van der Waals surface area (Å²) in [6, 6.07) is 5.70. The van der Waals surface area contributed by atoms with Crippen LogP contribution in [0, 0.1) is 5.41 Å². The molecule has 1 saturated heterocycles. The van der Waals surface area contributed by atoms with Gasteiger partial charge in [0.1, 0.15) is 11.6 Å². The van der Waals surface area contributed by atoms with Crippen LogP contribution in [0.4, 0.5) is 0 Å². The van der Waals surface area contributed by atoms with Gasteiger partial charge in [0, 0.05) is 30.8 Å². The van der Waals surface area contributed by atoms with Gasteiger partial charge in [-0.25, -0.2) is 0 Å². The summed E-state index contributed by atoms with van der Waals surface area (Å²) < 4.78 is 5.43. The van der Waals surface area contributed by atoms with E-state index in [2.05, 4.69) is 16.8 Å². The van der Waals surface area contributed by atoms with Gasteiger partial charge in [0.25, 0.3) is 0 Å². The molecule has 0 amide bonds. The fourth-order valence-electron chi connectivity index (χ4n) is 2.57. The molecule has 0 saturated carbocycles. The van der Waals surface area contributed by atoms with Gasteiger partial charge in [-0.2, -0.15) is 0 Å². The van der Waals surface area contributed by atoms with E-state index >= 15 is 0 Å². The van der Waals surface area contributed by atoms with Crippen LogP contribution in [0.15, 0.2) is 18.2 Å². The average molecular weight is 276 g/mol. The molecule has 1 aliphatic rings. The maximum absolute atomic E-state index is 7.56. The van der Waals surface area contributed by atoms with E-state index < -0.39 is 0 Å². The van der Waals surface area contributed by atoms with E-state index in [9.17, 15) is 0 Å². The molecule has 2 rings (SSSR count). The summed E-state index contributed by atoms with van der Waals surface area (Å²) in [4.78, 5) is 4.80. The number of nitrogens with one attached hydrogen (secondary N) is 1. The zero-order valence-corrected chi connectivity index (χ0v) is 12.4. The maximum atomic E-state index is 7.56. The minimum atomic E-state index is 0.101. The molecule has 0 unspecified atom stereocenters. The molecule has 3 N–H and O–H groups in total. The summed E-state index contributed by atoms with van der Waals surface area (Å²) in [7, 11) is 3.85. The van der Waals surface area contributed by atoms with Crippen LogP contribution in [-0.4, -0.2) is 56.0 Å². The number of rotatable bonds is 4. The topological polar surface area (TPSA) is 65.6 Å². The molecule has 1 aromatic rings. The van der Waals surface area contributed by atoms with Crippen LogP contribution in [0.25, 0.3) is 0 Å². The van der Waals surface area contributed by atoms with Gasteiger partial charge < -0.3 is 15.4 Å². The first kappa shape index (κ1) is 14.8. The van der Waals surface area contributed by atoms with Crippen molar-refractivity contribution in [2.24, 2.45) is 5.73 Å². The molecule has 1 fully saturated rings. The Labute approximate surface area is 120 Å². The highest BCUT2D eigenvalue weighted by Gasteiger charge is 2.15. The van der Waals surface area contributed by atoms with Gasteiger partial charge in [-0.15, -0.1) is 0 Å². The second-order valence-corrected chi connectivity index (χ2v) is 5.37. The predicted molar refractivity (Wildman–Crippen MR) is 81.4 cm³/mol. The number of amidine groups is 1. The van der Waals surface area contributed by atoms with Gasteiger partial charge in [-0.3, -0.25) is 10.3 Å². The van der Waals surface area contributed by atoms with E-state index in [1.807, 2.05) is 18.2 Å². The van der Waals surface area contributed by atoms with E-state index in [4.69, 9.17) is 15.9 Å².